The summed E-state index contributed by atoms with van der Waals surface area (Å²) in [5, 5.41) is 2.80. The highest BCUT2D eigenvalue weighted by Crippen LogP contribution is 2.22. The molecule has 0 atom stereocenters. The van der Waals surface area contributed by atoms with E-state index in [0.29, 0.717) is 11.3 Å². The van der Waals surface area contributed by atoms with Crippen LogP contribution in [0, 0.1) is 0 Å². The fourth-order valence-electron chi connectivity index (χ4n) is 3.21. The zero-order chi connectivity index (χ0) is 17.5. The number of anilines is 1. The highest BCUT2D eigenvalue weighted by molar-refractivity contribution is 5.96. The van der Waals surface area contributed by atoms with E-state index in [-0.39, 0.29) is 30.2 Å². The van der Waals surface area contributed by atoms with Gasteiger partial charge in [-0.1, -0.05) is 25.7 Å². The van der Waals surface area contributed by atoms with Gasteiger partial charge in [-0.3, -0.25) is 14.4 Å². The van der Waals surface area contributed by atoms with Crippen LogP contribution in [0.1, 0.15) is 62.7 Å². The van der Waals surface area contributed by atoms with Crippen molar-refractivity contribution in [2.45, 2.75) is 58.4 Å². The first-order valence-corrected chi connectivity index (χ1v) is 8.65. The maximum absolute atomic E-state index is 12.3. The first kappa shape index (κ1) is 18.2. The third-order valence-electron chi connectivity index (χ3n) is 4.56. The minimum Gasteiger partial charge on any atom is -0.331 e. The molecule has 0 radical (unpaired) electrons. The maximum atomic E-state index is 12.3. The Kier molecular flexibility index (Phi) is 6.53. The number of hydrogen-bond donors (Lipinski definition) is 1. The summed E-state index contributed by atoms with van der Waals surface area (Å²) in [6.45, 7) is 3.11. The number of Topliss-reactive ketones (excluding diaryl/α,β-unsaturated/α-hetero) is 1. The monoisotopic (exact) mass is 330 g/mol. The second-order valence-corrected chi connectivity index (χ2v) is 6.47. The van der Waals surface area contributed by atoms with Crippen LogP contribution >= 0.6 is 0 Å². The van der Waals surface area contributed by atoms with Crippen molar-refractivity contribution in [3.05, 3.63) is 29.8 Å². The largest absolute Gasteiger partial charge is 0.331 e. The lowest BCUT2D eigenvalue weighted by Gasteiger charge is -2.29. The molecule has 24 heavy (non-hydrogen) atoms. The number of nitrogens with one attached hydrogen (secondary N) is 1. The van der Waals surface area contributed by atoms with Gasteiger partial charge in [0.15, 0.2) is 5.78 Å². The number of carbonyl (C=O) groups excluding carboxylic acids is 3. The first-order valence-electron chi connectivity index (χ1n) is 8.65. The average molecular weight is 330 g/mol. The van der Waals surface area contributed by atoms with Gasteiger partial charge in [-0.15, -0.1) is 0 Å². The molecule has 130 valence electrons. The van der Waals surface area contributed by atoms with Gasteiger partial charge in [-0.2, -0.15) is 0 Å². The Morgan fingerprint density at radius 2 is 1.58 bits per heavy atom. The summed E-state index contributed by atoms with van der Waals surface area (Å²) in [5.41, 5.74) is 1.24. The lowest BCUT2D eigenvalue weighted by molar-refractivity contribution is -0.135. The zero-order valence-corrected chi connectivity index (χ0v) is 14.5. The summed E-state index contributed by atoms with van der Waals surface area (Å²) in [7, 11) is 0. The normalized spacial score (nSPS) is 15.4. The quantitative estimate of drug-likeness (QED) is 0.664. The van der Waals surface area contributed by atoms with Crippen LogP contribution in [-0.4, -0.2) is 35.1 Å². The van der Waals surface area contributed by atoms with Crippen LogP contribution in [0.3, 0.4) is 0 Å². The number of nitrogens with zero attached hydrogens (tertiary/aromatic N) is 1. The molecule has 0 heterocycles. The van der Waals surface area contributed by atoms with Crippen molar-refractivity contribution in [2.75, 3.05) is 11.9 Å². The second-order valence-electron chi connectivity index (χ2n) is 6.47. The van der Waals surface area contributed by atoms with Crippen molar-refractivity contribution >= 4 is 23.3 Å². The van der Waals surface area contributed by atoms with Crippen LogP contribution in [0.4, 0.5) is 5.69 Å². The lowest BCUT2D eigenvalue weighted by atomic mass is 10.1. The second kappa shape index (κ2) is 8.62. The van der Waals surface area contributed by atoms with Crippen molar-refractivity contribution < 1.29 is 14.4 Å². The maximum Gasteiger partial charge on any atom is 0.244 e. The average Bonchev–Trinajstić information content (AvgIpc) is 2.82. The van der Waals surface area contributed by atoms with Crippen molar-refractivity contribution in [3.63, 3.8) is 0 Å². The predicted octanol–water partition coefficient (Wildman–Crippen LogP) is 3.40. The van der Waals surface area contributed by atoms with E-state index in [1.807, 2.05) is 0 Å². The topological polar surface area (TPSA) is 66.5 Å². The van der Waals surface area contributed by atoms with Crippen LogP contribution < -0.4 is 5.32 Å². The van der Waals surface area contributed by atoms with Gasteiger partial charge in [-0.05, 0) is 44.0 Å². The molecule has 0 bridgehead atoms. The van der Waals surface area contributed by atoms with Crippen molar-refractivity contribution in [1.29, 1.82) is 0 Å². The van der Waals surface area contributed by atoms with Crippen molar-refractivity contribution in [3.8, 4) is 0 Å². The number of carbonyl (C=O) groups is 3. The fraction of sp³-hybridized carbons (Fsp3) is 0.526. The SMILES string of the molecule is CC(=O)c1ccc(NC(=O)CN(C(C)=O)C2CCCCCC2)cc1. The molecule has 0 unspecified atom stereocenters. The number of benzene rings is 1. The summed E-state index contributed by atoms with van der Waals surface area (Å²) in [5.74, 6) is -0.266. The first-order chi connectivity index (χ1) is 11.5. The van der Waals surface area contributed by atoms with Gasteiger partial charge >= 0.3 is 0 Å². The fourth-order valence-corrected chi connectivity index (χ4v) is 3.21. The Morgan fingerprint density at radius 1 is 1.00 bits per heavy atom. The molecule has 2 rings (SSSR count). The van der Waals surface area contributed by atoms with Gasteiger partial charge in [0, 0.05) is 24.2 Å². The summed E-state index contributed by atoms with van der Waals surface area (Å²) in [6, 6.07) is 6.95. The Labute approximate surface area is 143 Å². The lowest BCUT2D eigenvalue weighted by Crippen LogP contribution is -2.43. The summed E-state index contributed by atoms with van der Waals surface area (Å²) in [4.78, 5) is 37.2. The minimum atomic E-state index is -0.204. The third kappa shape index (κ3) is 5.18. The third-order valence-corrected chi connectivity index (χ3v) is 4.56. The molecule has 1 aliphatic rings. The Bertz CT molecular complexity index is 587. The highest BCUT2D eigenvalue weighted by Gasteiger charge is 2.24. The zero-order valence-electron chi connectivity index (χ0n) is 14.5. The molecule has 2 amide bonds. The van der Waals surface area contributed by atoms with E-state index in [1.54, 1.807) is 29.2 Å². The van der Waals surface area contributed by atoms with Gasteiger partial charge in [0.1, 0.15) is 6.54 Å². The van der Waals surface area contributed by atoms with E-state index in [2.05, 4.69) is 5.32 Å². The molecule has 5 heteroatoms. The van der Waals surface area contributed by atoms with Crippen LogP contribution in [0.2, 0.25) is 0 Å². The standard InChI is InChI=1S/C19H26N2O3/c1-14(22)16-9-11-17(12-10-16)20-19(24)13-21(15(2)23)18-7-5-3-4-6-8-18/h9-12,18H,3-8,13H2,1-2H3,(H,20,24). The Balaban J connectivity index is 1.97. The van der Waals surface area contributed by atoms with Gasteiger partial charge in [0.25, 0.3) is 0 Å². The predicted molar refractivity (Wildman–Crippen MR) is 94.0 cm³/mol. The van der Waals surface area contributed by atoms with E-state index < -0.39 is 0 Å². The molecular formula is C19H26N2O3. The molecule has 0 saturated heterocycles. The van der Waals surface area contributed by atoms with Crippen LogP contribution in [0.5, 0.6) is 0 Å². The van der Waals surface area contributed by atoms with Gasteiger partial charge < -0.3 is 10.2 Å². The van der Waals surface area contributed by atoms with Crippen LogP contribution in [0.25, 0.3) is 0 Å². The van der Waals surface area contributed by atoms with Crippen LogP contribution in [-0.2, 0) is 9.59 Å². The number of rotatable bonds is 5. The Morgan fingerprint density at radius 3 is 2.08 bits per heavy atom. The van der Waals surface area contributed by atoms with Gasteiger partial charge in [0.05, 0.1) is 0 Å². The van der Waals surface area contributed by atoms with E-state index in [9.17, 15) is 14.4 Å². The van der Waals surface area contributed by atoms with Gasteiger partial charge in [-0.25, -0.2) is 0 Å². The van der Waals surface area contributed by atoms with E-state index in [1.165, 1.54) is 26.7 Å². The Hall–Kier alpha value is -2.17. The molecule has 1 aromatic carbocycles. The molecule has 0 spiro atoms. The van der Waals surface area contributed by atoms with Gasteiger partial charge in [0.2, 0.25) is 11.8 Å². The van der Waals surface area contributed by atoms with E-state index in [0.717, 1.165) is 25.7 Å². The molecule has 1 N–H and O–H groups in total. The smallest absolute Gasteiger partial charge is 0.244 e. The summed E-state index contributed by atoms with van der Waals surface area (Å²) >= 11 is 0. The van der Waals surface area contributed by atoms with E-state index in [4.69, 9.17) is 0 Å². The minimum absolute atomic E-state index is 0.0102. The summed E-state index contributed by atoms with van der Waals surface area (Å²) < 4.78 is 0. The molecule has 1 aromatic rings. The molecule has 1 aliphatic carbocycles. The molecular weight excluding hydrogens is 304 g/mol. The molecule has 5 nitrogen and oxygen atoms in total. The molecule has 1 saturated carbocycles. The van der Waals surface area contributed by atoms with Crippen LogP contribution in [0.15, 0.2) is 24.3 Å². The van der Waals surface area contributed by atoms with Crippen molar-refractivity contribution in [1.82, 2.24) is 4.90 Å². The molecule has 0 aromatic heterocycles. The molecule has 1 fully saturated rings. The van der Waals surface area contributed by atoms with Crippen molar-refractivity contribution in [2.24, 2.45) is 0 Å². The molecule has 0 aliphatic heterocycles. The number of ketones is 1. The highest BCUT2D eigenvalue weighted by atomic mass is 16.2. The van der Waals surface area contributed by atoms with E-state index >= 15 is 0 Å². The summed E-state index contributed by atoms with van der Waals surface area (Å²) in [6.07, 6.45) is 6.58. The number of hydrogen-bond acceptors (Lipinski definition) is 3. The number of amides is 2.